The molecule has 1 fully saturated rings. The molecule has 2 unspecified atom stereocenters. The van der Waals surface area contributed by atoms with Gasteiger partial charge in [-0.1, -0.05) is 32.6 Å². The van der Waals surface area contributed by atoms with Gasteiger partial charge in [-0.3, -0.25) is 4.98 Å². The minimum Gasteiger partial charge on any atom is -0.390 e. The van der Waals surface area contributed by atoms with E-state index in [1.165, 1.54) is 25.7 Å². The molecule has 0 saturated heterocycles. The van der Waals surface area contributed by atoms with Crippen molar-refractivity contribution in [1.82, 2.24) is 4.98 Å². The average molecular weight is 326 g/mol. The third-order valence-corrected chi connectivity index (χ3v) is 4.70. The average Bonchev–Trinajstić information content (AvgIpc) is 2.53. The Hall–Kier alpha value is -0.410. The third-order valence-electron chi connectivity index (χ3n) is 4.26. The fraction of sp³-hybridized carbons (Fsp3) is 0.688. The van der Waals surface area contributed by atoms with Crippen LogP contribution in [0.1, 0.15) is 57.4 Å². The lowest BCUT2D eigenvalue weighted by Gasteiger charge is -2.27. The predicted octanol–water partition coefficient (Wildman–Crippen LogP) is 4.50. The Morgan fingerprint density at radius 1 is 1.37 bits per heavy atom. The first-order valence-electron chi connectivity index (χ1n) is 7.43. The van der Waals surface area contributed by atoms with Crippen molar-refractivity contribution in [2.45, 2.75) is 63.9 Å². The van der Waals surface area contributed by atoms with E-state index in [-0.39, 0.29) is 0 Å². The zero-order valence-electron chi connectivity index (χ0n) is 11.7. The van der Waals surface area contributed by atoms with Gasteiger partial charge in [0.15, 0.2) is 0 Å². The fourth-order valence-electron chi connectivity index (χ4n) is 3.27. The van der Waals surface area contributed by atoms with Crippen molar-refractivity contribution in [2.75, 3.05) is 0 Å². The summed E-state index contributed by atoms with van der Waals surface area (Å²) in [5, 5.41) is 10.8. The van der Waals surface area contributed by atoms with Crippen LogP contribution in [0.3, 0.4) is 0 Å². The number of halogens is 1. The molecule has 1 N–H and O–H groups in total. The number of hydrogen-bond acceptors (Lipinski definition) is 2. The number of hydrogen-bond donors (Lipinski definition) is 1. The van der Waals surface area contributed by atoms with Gasteiger partial charge in [0, 0.05) is 23.3 Å². The van der Waals surface area contributed by atoms with Crippen molar-refractivity contribution in [3.05, 3.63) is 28.5 Å². The lowest BCUT2D eigenvalue weighted by atomic mass is 9.87. The Labute approximate surface area is 124 Å². The van der Waals surface area contributed by atoms with Gasteiger partial charge in [-0.2, -0.15) is 0 Å². The summed E-state index contributed by atoms with van der Waals surface area (Å²) in [5.41, 5.74) is 0.608. The first-order chi connectivity index (χ1) is 9.11. The van der Waals surface area contributed by atoms with Crippen molar-refractivity contribution < 1.29 is 5.11 Å². The van der Waals surface area contributed by atoms with Crippen molar-refractivity contribution in [3.8, 4) is 0 Å². The third kappa shape index (κ3) is 4.57. The molecule has 2 nitrogen and oxygen atoms in total. The van der Waals surface area contributed by atoms with Crippen LogP contribution in [0.25, 0.3) is 0 Å². The summed E-state index contributed by atoms with van der Waals surface area (Å²) in [4.78, 5) is 4.19. The second kappa shape index (κ2) is 6.85. The highest BCUT2D eigenvalue weighted by molar-refractivity contribution is 9.10. The number of rotatable bonds is 4. The Morgan fingerprint density at radius 3 is 2.95 bits per heavy atom. The van der Waals surface area contributed by atoms with Crippen molar-refractivity contribution >= 4 is 15.9 Å². The quantitative estimate of drug-likeness (QED) is 0.827. The zero-order chi connectivity index (χ0) is 13.7. The molecular formula is C16H24BrNO. The molecule has 0 bridgehead atoms. The number of nitrogens with zero attached hydrogens (tertiary/aromatic N) is 1. The molecule has 0 amide bonds. The van der Waals surface area contributed by atoms with Gasteiger partial charge in [0.2, 0.25) is 0 Å². The highest BCUT2D eigenvalue weighted by atomic mass is 79.9. The molecule has 0 aliphatic heterocycles. The monoisotopic (exact) mass is 325 g/mol. The summed E-state index contributed by atoms with van der Waals surface area (Å²) in [6.07, 6.45) is 12.5. The van der Waals surface area contributed by atoms with E-state index >= 15 is 0 Å². The van der Waals surface area contributed by atoms with E-state index in [9.17, 15) is 5.11 Å². The van der Waals surface area contributed by atoms with E-state index in [2.05, 4.69) is 33.9 Å². The molecule has 19 heavy (non-hydrogen) atoms. The predicted molar refractivity (Wildman–Crippen MR) is 82.1 cm³/mol. The van der Waals surface area contributed by atoms with Crippen LogP contribution in [-0.2, 0) is 6.42 Å². The van der Waals surface area contributed by atoms with Crippen LogP contribution >= 0.6 is 15.9 Å². The molecule has 2 atom stereocenters. The lowest BCUT2D eigenvalue weighted by molar-refractivity contribution is 0.0240. The minimum absolute atomic E-state index is 0.523. The van der Waals surface area contributed by atoms with Gasteiger partial charge in [0.1, 0.15) is 0 Å². The van der Waals surface area contributed by atoms with Crippen molar-refractivity contribution in [3.63, 3.8) is 0 Å². The Kier molecular flexibility index (Phi) is 5.40. The summed E-state index contributed by atoms with van der Waals surface area (Å²) >= 11 is 3.45. The molecule has 1 heterocycles. The first kappa shape index (κ1) is 15.0. The van der Waals surface area contributed by atoms with E-state index in [1.807, 2.05) is 6.20 Å². The van der Waals surface area contributed by atoms with Gasteiger partial charge in [0.05, 0.1) is 5.60 Å². The Morgan fingerprint density at radius 2 is 2.21 bits per heavy atom. The van der Waals surface area contributed by atoms with Crippen LogP contribution in [0.15, 0.2) is 22.9 Å². The second-order valence-corrected chi connectivity index (χ2v) is 6.91. The van der Waals surface area contributed by atoms with E-state index in [1.54, 1.807) is 6.20 Å². The topological polar surface area (TPSA) is 33.1 Å². The standard InChI is InChI=1S/C16H24BrNO/c1-2-4-13-5-3-7-16(19,8-6-13)10-14-9-15(17)12-18-11-14/h9,11-13,19H,2-8,10H2,1H3. The maximum absolute atomic E-state index is 10.8. The van der Waals surface area contributed by atoms with Crippen LogP contribution in [0.2, 0.25) is 0 Å². The van der Waals surface area contributed by atoms with Crippen LogP contribution in [-0.4, -0.2) is 15.7 Å². The van der Waals surface area contributed by atoms with Crippen LogP contribution in [0.4, 0.5) is 0 Å². The maximum Gasteiger partial charge on any atom is 0.0688 e. The van der Waals surface area contributed by atoms with Crippen LogP contribution in [0, 0.1) is 5.92 Å². The fourth-order valence-corrected chi connectivity index (χ4v) is 3.68. The number of pyridine rings is 1. The normalized spacial score (nSPS) is 28.1. The highest BCUT2D eigenvalue weighted by Crippen LogP contribution is 2.34. The number of aliphatic hydroxyl groups is 1. The summed E-state index contributed by atoms with van der Waals surface area (Å²) in [7, 11) is 0. The number of aromatic nitrogens is 1. The molecule has 3 heteroatoms. The molecule has 2 rings (SSSR count). The van der Waals surface area contributed by atoms with Gasteiger partial charge in [0.25, 0.3) is 0 Å². The molecule has 1 aliphatic rings. The summed E-state index contributed by atoms with van der Waals surface area (Å²) < 4.78 is 0.992. The molecule has 0 aromatic carbocycles. The van der Waals surface area contributed by atoms with Gasteiger partial charge in [-0.25, -0.2) is 0 Å². The Bertz CT molecular complexity index is 409. The molecule has 1 aromatic heterocycles. The SMILES string of the molecule is CCCC1CCCC(O)(Cc2cncc(Br)c2)CC1. The van der Waals surface area contributed by atoms with E-state index in [0.717, 1.165) is 41.6 Å². The molecule has 0 spiro atoms. The van der Waals surface area contributed by atoms with E-state index < -0.39 is 5.60 Å². The smallest absolute Gasteiger partial charge is 0.0688 e. The van der Waals surface area contributed by atoms with Gasteiger partial charge in [-0.05, 0) is 52.7 Å². The van der Waals surface area contributed by atoms with Gasteiger partial charge >= 0.3 is 0 Å². The van der Waals surface area contributed by atoms with Crippen molar-refractivity contribution in [1.29, 1.82) is 0 Å². The van der Waals surface area contributed by atoms with E-state index in [0.29, 0.717) is 0 Å². The molecule has 1 saturated carbocycles. The lowest BCUT2D eigenvalue weighted by Crippen LogP contribution is -2.30. The molecular weight excluding hydrogens is 302 g/mol. The first-order valence-corrected chi connectivity index (χ1v) is 8.22. The highest BCUT2D eigenvalue weighted by Gasteiger charge is 2.30. The van der Waals surface area contributed by atoms with Crippen molar-refractivity contribution in [2.24, 2.45) is 5.92 Å². The van der Waals surface area contributed by atoms with Crippen LogP contribution in [0.5, 0.6) is 0 Å². The van der Waals surface area contributed by atoms with Gasteiger partial charge in [-0.15, -0.1) is 0 Å². The molecule has 0 radical (unpaired) electrons. The van der Waals surface area contributed by atoms with Gasteiger partial charge < -0.3 is 5.11 Å². The molecule has 106 valence electrons. The maximum atomic E-state index is 10.8. The minimum atomic E-state index is -0.523. The van der Waals surface area contributed by atoms with Crippen LogP contribution < -0.4 is 0 Å². The van der Waals surface area contributed by atoms with E-state index in [4.69, 9.17) is 0 Å². The molecule has 1 aliphatic carbocycles. The summed E-state index contributed by atoms with van der Waals surface area (Å²) in [6, 6.07) is 2.07. The summed E-state index contributed by atoms with van der Waals surface area (Å²) in [5.74, 6) is 0.819. The Balaban J connectivity index is 1.98. The largest absolute Gasteiger partial charge is 0.390 e. The second-order valence-electron chi connectivity index (χ2n) is 6.00. The zero-order valence-corrected chi connectivity index (χ0v) is 13.3. The summed E-state index contributed by atoms with van der Waals surface area (Å²) in [6.45, 7) is 2.25. The molecule has 1 aromatic rings.